The van der Waals surface area contributed by atoms with E-state index < -0.39 is 29.6 Å². The van der Waals surface area contributed by atoms with Gasteiger partial charge in [0.1, 0.15) is 12.2 Å². The minimum Gasteiger partial charge on any atom is -0.461 e. The number of hydrogen-bond acceptors (Lipinski definition) is 5. The second kappa shape index (κ2) is 12.9. The standard InChI is InChI=1S/C28H37NO5/c1-20(2)16-24(29-27(32)34-28(3,4)5)25(30)18-23(17-21-12-8-6-9-13-21)26(31)33-19-22-14-10-7-11-15-22/h6-15,20,23-24H,16-19H2,1-5H3,(H,29,32)/t23-,24-/m0/s1. The number of amides is 1. The van der Waals surface area contributed by atoms with E-state index in [2.05, 4.69) is 5.32 Å². The molecular formula is C28H37NO5. The number of hydrogen-bond donors (Lipinski definition) is 1. The van der Waals surface area contributed by atoms with E-state index in [4.69, 9.17) is 9.47 Å². The molecule has 6 nitrogen and oxygen atoms in total. The van der Waals surface area contributed by atoms with E-state index in [0.29, 0.717) is 12.8 Å². The maximum Gasteiger partial charge on any atom is 0.408 e. The Kier molecular flexibility index (Phi) is 10.3. The van der Waals surface area contributed by atoms with Gasteiger partial charge in [0.15, 0.2) is 5.78 Å². The zero-order valence-electron chi connectivity index (χ0n) is 20.9. The maximum absolute atomic E-state index is 13.3. The number of Topliss-reactive ketones (excluding diaryl/α,β-unsaturated/α-hetero) is 1. The van der Waals surface area contributed by atoms with E-state index in [1.165, 1.54) is 0 Å². The normalized spacial score (nSPS) is 13.1. The van der Waals surface area contributed by atoms with Gasteiger partial charge in [0.05, 0.1) is 12.0 Å². The van der Waals surface area contributed by atoms with E-state index in [-0.39, 0.29) is 24.7 Å². The summed E-state index contributed by atoms with van der Waals surface area (Å²) in [5.41, 5.74) is 1.15. The molecule has 2 aromatic carbocycles. The SMILES string of the molecule is CC(C)C[C@H](NC(=O)OC(C)(C)C)C(=O)C[C@H](Cc1ccccc1)C(=O)OCc1ccccc1. The number of nitrogens with one attached hydrogen (secondary N) is 1. The number of carbonyl (C=O) groups excluding carboxylic acids is 3. The van der Waals surface area contributed by atoms with Crippen molar-refractivity contribution >= 4 is 17.8 Å². The Balaban J connectivity index is 2.14. The first-order valence-electron chi connectivity index (χ1n) is 11.8. The Bertz CT molecular complexity index is 919. The number of ketones is 1. The highest BCUT2D eigenvalue weighted by molar-refractivity contribution is 5.90. The quantitative estimate of drug-likeness (QED) is 0.442. The van der Waals surface area contributed by atoms with Gasteiger partial charge in [0.2, 0.25) is 0 Å². The van der Waals surface area contributed by atoms with Crippen LogP contribution in [-0.2, 0) is 32.1 Å². The van der Waals surface area contributed by atoms with Crippen LogP contribution in [0.4, 0.5) is 4.79 Å². The fraction of sp³-hybridized carbons (Fsp3) is 0.464. The summed E-state index contributed by atoms with van der Waals surface area (Å²) >= 11 is 0. The van der Waals surface area contributed by atoms with Crippen LogP contribution in [0.1, 0.15) is 58.6 Å². The third kappa shape index (κ3) is 10.2. The molecule has 0 aliphatic rings. The lowest BCUT2D eigenvalue weighted by Crippen LogP contribution is -2.45. The highest BCUT2D eigenvalue weighted by Crippen LogP contribution is 2.19. The van der Waals surface area contributed by atoms with E-state index >= 15 is 0 Å². The molecule has 2 rings (SSSR count). The number of ether oxygens (including phenoxy) is 2. The van der Waals surface area contributed by atoms with Crippen molar-refractivity contribution in [1.29, 1.82) is 0 Å². The van der Waals surface area contributed by atoms with Crippen LogP contribution in [0.3, 0.4) is 0 Å². The van der Waals surface area contributed by atoms with Gasteiger partial charge in [-0.1, -0.05) is 74.5 Å². The number of alkyl carbamates (subject to hydrolysis) is 1. The van der Waals surface area contributed by atoms with Gasteiger partial charge in [0, 0.05) is 6.42 Å². The van der Waals surface area contributed by atoms with Crippen molar-refractivity contribution in [2.75, 3.05) is 0 Å². The first-order chi connectivity index (χ1) is 16.0. The predicted molar refractivity (Wildman–Crippen MR) is 132 cm³/mol. The zero-order chi connectivity index (χ0) is 25.1. The summed E-state index contributed by atoms with van der Waals surface area (Å²) in [6.45, 7) is 9.41. The third-order valence-corrected chi connectivity index (χ3v) is 5.12. The lowest BCUT2D eigenvalue weighted by Gasteiger charge is -2.25. The molecule has 184 valence electrons. The summed E-state index contributed by atoms with van der Waals surface area (Å²) in [6.07, 6.45) is 0.157. The van der Waals surface area contributed by atoms with Gasteiger partial charge in [-0.3, -0.25) is 9.59 Å². The van der Waals surface area contributed by atoms with Crippen molar-refractivity contribution in [2.45, 2.75) is 72.1 Å². The molecule has 0 unspecified atom stereocenters. The van der Waals surface area contributed by atoms with Crippen molar-refractivity contribution in [3.05, 3.63) is 71.8 Å². The van der Waals surface area contributed by atoms with Gasteiger partial charge >= 0.3 is 12.1 Å². The Morgan fingerprint density at radius 3 is 1.97 bits per heavy atom. The molecule has 0 spiro atoms. The van der Waals surface area contributed by atoms with Crippen LogP contribution >= 0.6 is 0 Å². The number of benzene rings is 2. The molecule has 0 heterocycles. The summed E-state index contributed by atoms with van der Waals surface area (Å²) in [5.74, 6) is -1.13. The lowest BCUT2D eigenvalue weighted by atomic mass is 9.90. The van der Waals surface area contributed by atoms with Crippen LogP contribution in [0.2, 0.25) is 0 Å². The minimum atomic E-state index is -0.741. The Labute approximate surface area is 203 Å². The zero-order valence-corrected chi connectivity index (χ0v) is 20.9. The molecule has 0 fully saturated rings. The van der Waals surface area contributed by atoms with Gasteiger partial charge in [-0.25, -0.2) is 4.79 Å². The van der Waals surface area contributed by atoms with Crippen molar-refractivity contribution in [3.8, 4) is 0 Å². The molecule has 6 heteroatoms. The van der Waals surface area contributed by atoms with Crippen LogP contribution < -0.4 is 5.32 Å². The predicted octanol–water partition coefficient (Wildman–Crippen LogP) is 5.49. The van der Waals surface area contributed by atoms with Crippen LogP contribution in [-0.4, -0.2) is 29.5 Å². The molecule has 0 saturated heterocycles. The van der Waals surface area contributed by atoms with Crippen LogP contribution in [0.5, 0.6) is 0 Å². The first kappa shape index (κ1) is 27.1. The molecule has 0 aromatic heterocycles. The fourth-order valence-electron chi connectivity index (χ4n) is 3.56. The van der Waals surface area contributed by atoms with Crippen LogP contribution in [0.15, 0.2) is 60.7 Å². The first-order valence-corrected chi connectivity index (χ1v) is 11.8. The molecule has 2 atom stereocenters. The fourth-order valence-corrected chi connectivity index (χ4v) is 3.56. The largest absolute Gasteiger partial charge is 0.461 e. The molecule has 34 heavy (non-hydrogen) atoms. The lowest BCUT2D eigenvalue weighted by molar-refractivity contribution is -0.151. The average Bonchev–Trinajstić information content (AvgIpc) is 2.76. The molecule has 0 aliphatic carbocycles. The van der Waals surface area contributed by atoms with Gasteiger partial charge in [-0.05, 0) is 50.7 Å². The number of esters is 1. The number of rotatable bonds is 11. The van der Waals surface area contributed by atoms with Gasteiger partial charge < -0.3 is 14.8 Å². The second-order valence-electron chi connectivity index (χ2n) is 9.98. The third-order valence-electron chi connectivity index (χ3n) is 5.12. The van der Waals surface area contributed by atoms with Gasteiger partial charge in [-0.15, -0.1) is 0 Å². The highest BCUT2D eigenvalue weighted by atomic mass is 16.6. The van der Waals surface area contributed by atoms with Gasteiger partial charge in [-0.2, -0.15) is 0 Å². The molecule has 1 N–H and O–H groups in total. The topological polar surface area (TPSA) is 81.7 Å². The highest BCUT2D eigenvalue weighted by Gasteiger charge is 2.30. The monoisotopic (exact) mass is 467 g/mol. The Hall–Kier alpha value is -3.15. The summed E-state index contributed by atoms with van der Waals surface area (Å²) < 4.78 is 10.9. The smallest absolute Gasteiger partial charge is 0.408 e. The van der Waals surface area contributed by atoms with Crippen molar-refractivity contribution < 1.29 is 23.9 Å². The van der Waals surface area contributed by atoms with Crippen LogP contribution in [0.25, 0.3) is 0 Å². The summed E-state index contributed by atoms with van der Waals surface area (Å²) in [6, 6.07) is 18.2. The molecular weight excluding hydrogens is 430 g/mol. The number of carbonyl (C=O) groups is 3. The van der Waals surface area contributed by atoms with E-state index in [0.717, 1.165) is 11.1 Å². The minimum absolute atomic E-state index is 0.0320. The summed E-state index contributed by atoms with van der Waals surface area (Å²) in [5, 5.41) is 2.71. The molecule has 1 amide bonds. The van der Waals surface area contributed by atoms with Crippen LogP contribution in [0, 0.1) is 11.8 Å². The van der Waals surface area contributed by atoms with Gasteiger partial charge in [0.25, 0.3) is 0 Å². The Morgan fingerprint density at radius 2 is 1.44 bits per heavy atom. The second-order valence-corrected chi connectivity index (χ2v) is 9.98. The average molecular weight is 468 g/mol. The molecule has 0 radical (unpaired) electrons. The summed E-state index contributed by atoms with van der Waals surface area (Å²) in [4.78, 5) is 38.7. The van der Waals surface area contributed by atoms with E-state index in [1.807, 2.05) is 74.5 Å². The van der Waals surface area contributed by atoms with Crippen molar-refractivity contribution in [2.24, 2.45) is 11.8 Å². The van der Waals surface area contributed by atoms with E-state index in [9.17, 15) is 14.4 Å². The molecule has 0 aliphatic heterocycles. The molecule has 0 saturated carbocycles. The maximum atomic E-state index is 13.3. The van der Waals surface area contributed by atoms with Crippen molar-refractivity contribution in [1.82, 2.24) is 5.32 Å². The molecule has 0 bridgehead atoms. The van der Waals surface area contributed by atoms with E-state index in [1.54, 1.807) is 20.8 Å². The van der Waals surface area contributed by atoms with Crippen molar-refractivity contribution in [3.63, 3.8) is 0 Å². The molecule has 2 aromatic rings. The Morgan fingerprint density at radius 1 is 0.882 bits per heavy atom. The summed E-state index contributed by atoms with van der Waals surface area (Å²) in [7, 11) is 0.